The minimum absolute atomic E-state index is 0.118. The smallest absolute Gasteiger partial charge is 0.252 e. The largest absolute Gasteiger partial charge is 0.384 e. The topological polar surface area (TPSA) is 92.4 Å². The number of amides is 2. The van der Waals surface area contributed by atoms with E-state index in [-0.39, 0.29) is 25.5 Å². The Bertz CT molecular complexity index is 471. The zero-order chi connectivity index (χ0) is 12.7. The van der Waals surface area contributed by atoms with Crippen LogP contribution in [0.4, 0.5) is 0 Å². The Morgan fingerprint density at radius 3 is 2.94 bits per heavy atom. The molecule has 17 heavy (non-hydrogen) atoms. The molecule has 1 aromatic heterocycles. The number of hydrogen-bond acceptors (Lipinski definition) is 4. The van der Waals surface area contributed by atoms with Crippen molar-refractivity contribution in [1.29, 1.82) is 0 Å². The first-order chi connectivity index (χ1) is 8.13. The lowest BCUT2D eigenvalue weighted by atomic mass is 10.3. The summed E-state index contributed by atoms with van der Waals surface area (Å²) in [6.07, 6.45) is 0.118. The summed E-state index contributed by atoms with van der Waals surface area (Å²) < 4.78 is 0. The number of nitrogens with one attached hydrogen (secondary N) is 1. The van der Waals surface area contributed by atoms with E-state index in [0.29, 0.717) is 10.4 Å². The summed E-state index contributed by atoms with van der Waals surface area (Å²) in [6, 6.07) is 1.63. The van der Waals surface area contributed by atoms with E-state index in [1.807, 2.05) is 0 Å². The standard InChI is InChI=1S/C11H12N2O3S/c12-10(15)3-4-13-11(16)8-6-9(17-7-8)2-1-5-14/h6-7,14H,3-5H2,(H2,12,15)(H,13,16). The van der Waals surface area contributed by atoms with E-state index in [9.17, 15) is 9.59 Å². The number of carbonyl (C=O) groups excluding carboxylic acids is 2. The number of aliphatic hydroxyl groups is 1. The molecule has 5 nitrogen and oxygen atoms in total. The van der Waals surface area contributed by atoms with Crippen LogP contribution in [0.15, 0.2) is 11.4 Å². The van der Waals surface area contributed by atoms with E-state index in [1.165, 1.54) is 11.3 Å². The van der Waals surface area contributed by atoms with Crippen molar-refractivity contribution in [3.63, 3.8) is 0 Å². The van der Waals surface area contributed by atoms with Crippen LogP contribution < -0.4 is 11.1 Å². The van der Waals surface area contributed by atoms with Crippen LogP contribution in [0.25, 0.3) is 0 Å². The van der Waals surface area contributed by atoms with Crippen molar-refractivity contribution in [2.75, 3.05) is 13.2 Å². The molecule has 0 saturated carbocycles. The molecule has 0 saturated heterocycles. The molecule has 0 bridgehead atoms. The first-order valence-corrected chi connectivity index (χ1v) is 5.76. The van der Waals surface area contributed by atoms with Crippen LogP contribution in [-0.2, 0) is 4.79 Å². The summed E-state index contributed by atoms with van der Waals surface area (Å²) in [5.74, 6) is 4.49. The molecule has 0 aliphatic rings. The Balaban J connectivity index is 2.52. The molecule has 4 N–H and O–H groups in total. The van der Waals surface area contributed by atoms with Gasteiger partial charge in [-0.05, 0) is 6.07 Å². The quantitative estimate of drug-likeness (QED) is 0.642. The summed E-state index contributed by atoms with van der Waals surface area (Å²) in [5.41, 5.74) is 5.43. The van der Waals surface area contributed by atoms with Gasteiger partial charge in [0.05, 0.1) is 10.4 Å². The van der Waals surface area contributed by atoms with Gasteiger partial charge in [-0.2, -0.15) is 0 Å². The van der Waals surface area contributed by atoms with Crippen LogP contribution in [0.5, 0.6) is 0 Å². The predicted molar refractivity (Wildman–Crippen MR) is 64.4 cm³/mol. The lowest BCUT2D eigenvalue weighted by Gasteiger charge is -2.00. The van der Waals surface area contributed by atoms with E-state index in [4.69, 9.17) is 10.8 Å². The molecular formula is C11H12N2O3S. The zero-order valence-corrected chi connectivity index (χ0v) is 9.84. The van der Waals surface area contributed by atoms with Gasteiger partial charge in [-0.25, -0.2) is 0 Å². The normalized spacial score (nSPS) is 9.24. The molecule has 0 unspecified atom stereocenters. The highest BCUT2D eigenvalue weighted by molar-refractivity contribution is 7.10. The number of rotatable bonds is 4. The Kier molecular flexibility index (Phi) is 5.20. The first-order valence-electron chi connectivity index (χ1n) is 4.88. The number of thiophene rings is 1. The zero-order valence-electron chi connectivity index (χ0n) is 9.03. The third kappa shape index (κ3) is 4.68. The number of nitrogens with two attached hydrogens (primary N) is 1. The Labute approximate surface area is 103 Å². The van der Waals surface area contributed by atoms with Crippen molar-refractivity contribution in [2.45, 2.75) is 6.42 Å². The summed E-state index contributed by atoms with van der Waals surface area (Å²) in [6.45, 7) is 0.0136. The number of aliphatic hydroxyl groups excluding tert-OH is 1. The molecule has 2 amide bonds. The molecule has 1 heterocycles. The molecule has 0 fully saturated rings. The van der Waals surface area contributed by atoms with Crippen LogP contribution in [0.3, 0.4) is 0 Å². The monoisotopic (exact) mass is 252 g/mol. The maximum absolute atomic E-state index is 11.6. The Morgan fingerprint density at radius 1 is 1.53 bits per heavy atom. The molecule has 90 valence electrons. The third-order valence-electron chi connectivity index (χ3n) is 1.81. The first kappa shape index (κ1) is 13.2. The molecule has 1 aromatic rings. The maximum atomic E-state index is 11.6. The van der Waals surface area contributed by atoms with Gasteiger partial charge in [0.1, 0.15) is 6.61 Å². The van der Waals surface area contributed by atoms with Gasteiger partial charge in [-0.1, -0.05) is 11.8 Å². The van der Waals surface area contributed by atoms with Crippen molar-refractivity contribution >= 4 is 23.2 Å². The van der Waals surface area contributed by atoms with Crippen molar-refractivity contribution in [2.24, 2.45) is 5.73 Å². The lowest BCUT2D eigenvalue weighted by Crippen LogP contribution is -2.27. The molecule has 0 aromatic carbocycles. The van der Waals surface area contributed by atoms with E-state index >= 15 is 0 Å². The molecular weight excluding hydrogens is 240 g/mol. The summed E-state index contributed by atoms with van der Waals surface area (Å²) in [7, 11) is 0. The molecule has 0 aliphatic carbocycles. The van der Waals surface area contributed by atoms with E-state index in [2.05, 4.69) is 17.2 Å². The average molecular weight is 252 g/mol. The fourth-order valence-electron chi connectivity index (χ4n) is 1.05. The highest BCUT2D eigenvalue weighted by Gasteiger charge is 2.07. The van der Waals surface area contributed by atoms with Gasteiger partial charge in [0, 0.05) is 18.3 Å². The van der Waals surface area contributed by atoms with Gasteiger partial charge in [-0.3, -0.25) is 9.59 Å². The highest BCUT2D eigenvalue weighted by atomic mass is 32.1. The van der Waals surface area contributed by atoms with Crippen molar-refractivity contribution in [1.82, 2.24) is 5.32 Å². The van der Waals surface area contributed by atoms with Gasteiger partial charge in [-0.15, -0.1) is 11.3 Å². The SMILES string of the molecule is NC(=O)CCNC(=O)c1csc(C#CCO)c1. The molecule has 0 aliphatic heterocycles. The summed E-state index contributed by atoms with van der Waals surface area (Å²) in [5, 5.41) is 12.8. The fourth-order valence-corrected chi connectivity index (χ4v) is 1.80. The van der Waals surface area contributed by atoms with E-state index in [0.717, 1.165) is 0 Å². The second-order valence-electron chi connectivity index (χ2n) is 3.13. The van der Waals surface area contributed by atoms with Gasteiger partial charge < -0.3 is 16.2 Å². The molecule has 0 spiro atoms. The van der Waals surface area contributed by atoms with Crippen molar-refractivity contribution < 1.29 is 14.7 Å². The van der Waals surface area contributed by atoms with Crippen molar-refractivity contribution in [3.05, 3.63) is 21.9 Å². The minimum atomic E-state index is -0.454. The van der Waals surface area contributed by atoms with Crippen LogP contribution >= 0.6 is 11.3 Å². The minimum Gasteiger partial charge on any atom is -0.384 e. The fraction of sp³-hybridized carbons (Fsp3) is 0.273. The Hall–Kier alpha value is -1.84. The van der Waals surface area contributed by atoms with Crippen LogP contribution in [0, 0.1) is 11.8 Å². The third-order valence-corrected chi connectivity index (χ3v) is 2.65. The van der Waals surface area contributed by atoms with Crippen LogP contribution in [0.2, 0.25) is 0 Å². The molecule has 0 atom stereocenters. The number of hydrogen-bond donors (Lipinski definition) is 3. The van der Waals surface area contributed by atoms with Crippen LogP contribution in [0.1, 0.15) is 21.7 Å². The van der Waals surface area contributed by atoms with Crippen LogP contribution in [-0.4, -0.2) is 30.1 Å². The van der Waals surface area contributed by atoms with E-state index in [1.54, 1.807) is 11.4 Å². The summed E-state index contributed by atoms with van der Waals surface area (Å²) >= 11 is 1.32. The van der Waals surface area contributed by atoms with Gasteiger partial charge in [0.2, 0.25) is 5.91 Å². The number of carbonyl (C=O) groups is 2. The molecule has 6 heteroatoms. The van der Waals surface area contributed by atoms with Gasteiger partial charge in [0.25, 0.3) is 5.91 Å². The second kappa shape index (κ2) is 6.68. The predicted octanol–water partition coefficient (Wildman–Crippen LogP) is -0.303. The Morgan fingerprint density at radius 2 is 2.29 bits per heavy atom. The molecule has 0 radical (unpaired) electrons. The van der Waals surface area contributed by atoms with Gasteiger partial charge >= 0.3 is 0 Å². The number of primary amides is 1. The molecule has 1 rings (SSSR count). The highest BCUT2D eigenvalue weighted by Crippen LogP contribution is 2.13. The van der Waals surface area contributed by atoms with Crippen molar-refractivity contribution in [3.8, 4) is 11.8 Å². The maximum Gasteiger partial charge on any atom is 0.252 e. The summed E-state index contributed by atoms with van der Waals surface area (Å²) in [4.78, 5) is 22.7. The van der Waals surface area contributed by atoms with E-state index < -0.39 is 5.91 Å². The second-order valence-corrected chi connectivity index (χ2v) is 4.04. The lowest BCUT2D eigenvalue weighted by molar-refractivity contribution is -0.117. The van der Waals surface area contributed by atoms with Gasteiger partial charge in [0.15, 0.2) is 0 Å². The average Bonchev–Trinajstić information content (AvgIpc) is 2.74.